The van der Waals surface area contributed by atoms with Crippen molar-refractivity contribution in [2.75, 3.05) is 0 Å². The van der Waals surface area contributed by atoms with Gasteiger partial charge >= 0.3 is 6.18 Å². The molecule has 0 amide bonds. The van der Waals surface area contributed by atoms with E-state index in [-0.39, 0.29) is 12.3 Å². The zero-order valence-electron chi connectivity index (χ0n) is 16.7. The van der Waals surface area contributed by atoms with Crippen molar-refractivity contribution in [3.05, 3.63) is 34.2 Å². The summed E-state index contributed by atoms with van der Waals surface area (Å²) in [4.78, 5) is 4.35. The van der Waals surface area contributed by atoms with Crippen LogP contribution in [0, 0.1) is 5.41 Å². The fourth-order valence-corrected chi connectivity index (χ4v) is 3.41. The molecule has 7 heteroatoms. The standard InChI is InChI=1S/C20H27ClF3N3/c1-7-16-17(21)18(27(8-2)26-16)15-11-25-13(9-14(15)12(3)4)10-19(5,6)20(22,23)24/h9,11-12H,7-8,10H2,1-6H3. The molecule has 150 valence electrons. The van der Waals surface area contributed by atoms with Crippen molar-refractivity contribution in [2.24, 2.45) is 5.41 Å². The third kappa shape index (κ3) is 4.31. The van der Waals surface area contributed by atoms with E-state index < -0.39 is 11.6 Å². The lowest BCUT2D eigenvalue weighted by Gasteiger charge is -2.27. The third-order valence-electron chi connectivity index (χ3n) is 4.86. The fourth-order valence-electron chi connectivity index (χ4n) is 3.04. The van der Waals surface area contributed by atoms with Gasteiger partial charge in [0, 0.05) is 30.4 Å². The molecule has 0 aliphatic carbocycles. The Morgan fingerprint density at radius 2 is 1.81 bits per heavy atom. The van der Waals surface area contributed by atoms with E-state index in [1.54, 1.807) is 12.3 Å². The number of alkyl halides is 3. The van der Waals surface area contributed by atoms with Crippen LogP contribution in [0.1, 0.15) is 64.4 Å². The summed E-state index contributed by atoms with van der Waals surface area (Å²) in [6, 6.07) is 1.78. The van der Waals surface area contributed by atoms with E-state index in [0.717, 1.165) is 22.5 Å². The van der Waals surface area contributed by atoms with Crippen LogP contribution >= 0.6 is 11.6 Å². The summed E-state index contributed by atoms with van der Waals surface area (Å²) < 4.78 is 41.6. The van der Waals surface area contributed by atoms with Gasteiger partial charge in [0.05, 0.1) is 21.8 Å². The van der Waals surface area contributed by atoms with Crippen LogP contribution in [0.15, 0.2) is 12.3 Å². The number of rotatable bonds is 6. The molecule has 27 heavy (non-hydrogen) atoms. The topological polar surface area (TPSA) is 30.7 Å². The Kier molecular flexibility index (Phi) is 6.30. The van der Waals surface area contributed by atoms with Crippen molar-refractivity contribution in [3.63, 3.8) is 0 Å². The molecular weight excluding hydrogens is 375 g/mol. The van der Waals surface area contributed by atoms with Gasteiger partial charge in [-0.25, -0.2) is 0 Å². The average Bonchev–Trinajstić information content (AvgIpc) is 2.89. The molecule has 2 rings (SSSR count). The maximum atomic E-state index is 13.3. The van der Waals surface area contributed by atoms with Crippen LogP contribution < -0.4 is 0 Å². The molecule has 0 fully saturated rings. The minimum absolute atomic E-state index is 0.108. The molecule has 0 saturated carbocycles. The van der Waals surface area contributed by atoms with E-state index >= 15 is 0 Å². The molecule has 0 aromatic carbocycles. The van der Waals surface area contributed by atoms with E-state index in [0.29, 0.717) is 23.7 Å². The molecule has 0 atom stereocenters. The fraction of sp³-hybridized carbons (Fsp3) is 0.600. The van der Waals surface area contributed by atoms with E-state index in [1.807, 2.05) is 32.4 Å². The zero-order chi connectivity index (χ0) is 20.6. The molecule has 0 unspecified atom stereocenters. The number of aryl methyl sites for hydroxylation is 2. The molecule has 0 aliphatic rings. The second-order valence-corrected chi connectivity index (χ2v) is 8.13. The number of aromatic nitrogens is 3. The van der Waals surface area contributed by atoms with Crippen molar-refractivity contribution in [2.45, 2.75) is 73.0 Å². The summed E-state index contributed by atoms with van der Waals surface area (Å²) in [5.41, 5.74) is 1.95. The van der Waals surface area contributed by atoms with Crippen LogP contribution in [0.3, 0.4) is 0 Å². The first-order valence-electron chi connectivity index (χ1n) is 9.24. The first-order chi connectivity index (χ1) is 12.4. The highest BCUT2D eigenvalue weighted by Crippen LogP contribution is 2.41. The second-order valence-electron chi connectivity index (χ2n) is 7.75. The Bertz CT molecular complexity index is 808. The molecule has 0 saturated heterocycles. The van der Waals surface area contributed by atoms with Gasteiger partial charge in [0.1, 0.15) is 0 Å². The van der Waals surface area contributed by atoms with Crippen LogP contribution in [0.2, 0.25) is 5.02 Å². The Balaban J connectivity index is 2.57. The van der Waals surface area contributed by atoms with Crippen molar-refractivity contribution in [3.8, 4) is 11.3 Å². The lowest BCUT2D eigenvalue weighted by Crippen LogP contribution is -2.34. The van der Waals surface area contributed by atoms with Crippen molar-refractivity contribution < 1.29 is 13.2 Å². The Hall–Kier alpha value is -1.56. The summed E-state index contributed by atoms with van der Waals surface area (Å²) in [6.45, 7) is 11.0. The van der Waals surface area contributed by atoms with Crippen LogP contribution in [0.4, 0.5) is 13.2 Å². The molecule has 2 heterocycles. The minimum atomic E-state index is -4.29. The lowest BCUT2D eigenvalue weighted by molar-refractivity contribution is -0.211. The number of nitrogens with zero attached hydrogens (tertiary/aromatic N) is 3. The maximum Gasteiger partial charge on any atom is 0.394 e. The van der Waals surface area contributed by atoms with Gasteiger partial charge in [-0.2, -0.15) is 18.3 Å². The smallest absolute Gasteiger partial charge is 0.263 e. The Morgan fingerprint density at radius 3 is 2.30 bits per heavy atom. The largest absolute Gasteiger partial charge is 0.394 e. The Morgan fingerprint density at radius 1 is 1.19 bits per heavy atom. The van der Waals surface area contributed by atoms with Crippen LogP contribution in [0.5, 0.6) is 0 Å². The lowest BCUT2D eigenvalue weighted by atomic mass is 9.85. The first kappa shape index (κ1) is 21.7. The number of hydrogen-bond acceptors (Lipinski definition) is 2. The van der Waals surface area contributed by atoms with Gasteiger partial charge in [0.25, 0.3) is 0 Å². The van der Waals surface area contributed by atoms with Crippen LogP contribution in [-0.4, -0.2) is 20.9 Å². The molecule has 2 aromatic rings. The summed E-state index contributed by atoms with van der Waals surface area (Å²) in [6.07, 6.45) is -2.10. The molecule has 0 N–H and O–H groups in total. The second kappa shape index (κ2) is 7.82. The number of pyridine rings is 1. The summed E-state index contributed by atoms with van der Waals surface area (Å²) >= 11 is 6.57. The van der Waals surface area contributed by atoms with Gasteiger partial charge in [-0.15, -0.1) is 0 Å². The molecule has 0 bridgehead atoms. The molecule has 3 nitrogen and oxygen atoms in total. The van der Waals surface area contributed by atoms with Gasteiger partial charge in [0.2, 0.25) is 0 Å². The van der Waals surface area contributed by atoms with Gasteiger partial charge in [-0.05, 0) is 30.9 Å². The zero-order valence-corrected chi connectivity index (χ0v) is 17.5. The molecular formula is C20H27ClF3N3. The predicted octanol–water partition coefficient (Wildman–Crippen LogP) is 6.44. The summed E-state index contributed by atoms with van der Waals surface area (Å²) in [5.74, 6) is 0.108. The highest BCUT2D eigenvalue weighted by Gasteiger charge is 2.47. The number of halogens is 4. The highest BCUT2D eigenvalue weighted by molar-refractivity contribution is 6.33. The van der Waals surface area contributed by atoms with Gasteiger partial charge in [0.15, 0.2) is 0 Å². The van der Waals surface area contributed by atoms with Gasteiger partial charge in [-0.1, -0.05) is 46.2 Å². The molecule has 0 aliphatic heterocycles. The molecule has 0 spiro atoms. The quantitative estimate of drug-likeness (QED) is 0.558. The monoisotopic (exact) mass is 401 g/mol. The predicted molar refractivity (Wildman–Crippen MR) is 103 cm³/mol. The van der Waals surface area contributed by atoms with E-state index in [1.165, 1.54) is 13.8 Å². The normalized spacial score (nSPS) is 12.9. The summed E-state index contributed by atoms with van der Waals surface area (Å²) in [5, 5.41) is 5.14. The van der Waals surface area contributed by atoms with Crippen LogP contribution in [0.25, 0.3) is 11.3 Å². The van der Waals surface area contributed by atoms with Crippen molar-refractivity contribution in [1.29, 1.82) is 0 Å². The average molecular weight is 402 g/mol. The van der Waals surface area contributed by atoms with E-state index in [9.17, 15) is 13.2 Å². The van der Waals surface area contributed by atoms with Crippen molar-refractivity contribution >= 4 is 11.6 Å². The highest BCUT2D eigenvalue weighted by atomic mass is 35.5. The minimum Gasteiger partial charge on any atom is -0.263 e. The third-order valence-corrected chi connectivity index (χ3v) is 5.25. The van der Waals surface area contributed by atoms with Gasteiger partial charge < -0.3 is 0 Å². The van der Waals surface area contributed by atoms with E-state index in [4.69, 9.17) is 11.6 Å². The Labute approximate surface area is 163 Å². The first-order valence-corrected chi connectivity index (χ1v) is 9.61. The van der Waals surface area contributed by atoms with Gasteiger partial charge in [-0.3, -0.25) is 9.67 Å². The van der Waals surface area contributed by atoms with E-state index in [2.05, 4.69) is 10.1 Å². The summed E-state index contributed by atoms with van der Waals surface area (Å²) in [7, 11) is 0. The van der Waals surface area contributed by atoms with Crippen LogP contribution in [-0.2, 0) is 19.4 Å². The molecule has 0 radical (unpaired) electrons. The molecule has 2 aromatic heterocycles. The maximum absolute atomic E-state index is 13.3. The number of hydrogen-bond donors (Lipinski definition) is 0. The van der Waals surface area contributed by atoms with Crippen molar-refractivity contribution in [1.82, 2.24) is 14.8 Å². The SMILES string of the molecule is CCc1nn(CC)c(-c2cnc(CC(C)(C)C(F)(F)F)cc2C(C)C)c1Cl.